The second-order valence-corrected chi connectivity index (χ2v) is 6.85. The Labute approximate surface area is 132 Å². The van der Waals surface area contributed by atoms with Gasteiger partial charge in [0.2, 0.25) is 0 Å². The quantitative estimate of drug-likeness (QED) is 0.854. The first-order valence-corrected chi connectivity index (χ1v) is 8.94. The van der Waals surface area contributed by atoms with Gasteiger partial charge in [-0.3, -0.25) is 0 Å². The zero-order valence-electron chi connectivity index (χ0n) is 12.6. The van der Waals surface area contributed by atoms with Crippen LogP contribution in [-0.4, -0.2) is 12.3 Å². The molecule has 1 aliphatic rings. The van der Waals surface area contributed by atoms with Crippen molar-refractivity contribution in [3.8, 4) is 0 Å². The SMILES string of the molecule is CC(CCNC1CSCc2ccccc21)c1ccccc1. The summed E-state index contributed by atoms with van der Waals surface area (Å²) in [5.41, 5.74) is 4.45. The van der Waals surface area contributed by atoms with Gasteiger partial charge in [-0.05, 0) is 35.6 Å². The highest BCUT2D eigenvalue weighted by Crippen LogP contribution is 2.31. The maximum absolute atomic E-state index is 3.76. The summed E-state index contributed by atoms with van der Waals surface area (Å²) in [5.74, 6) is 2.97. The summed E-state index contributed by atoms with van der Waals surface area (Å²) >= 11 is 2.04. The molecule has 0 aromatic heterocycles. The topological polar surface area (TPSA) is 12.0 Å². The molecule has 1 nitrogen and oxygen atoms in total. The van der Waals surface area contributed by atoms with E-state index in [4.69, 9.17) is 0 Å². The second-order valence-electron chi connectivity index (χ2n) is 5.82. The molecule has 0 spiro atoms. The Hall–Kier alpha value is -1.25. The number of fused-ring (bicyclic) bond motifs is 1. The first kappa shape index (κ1) is 14.7. The Bertz CT molecular complexity index is 567. The number of thioether (sulfide) groups is 1. The fourth-order valence-electron chi connectivity index (χ4n) is 2.97. The third kappa shape index (κ3) is 3.69. The lowest BCUT2D eigenvalue weighted by molar-refractivity contribution is 0.532. The summed E-state index contributed by atoms with van der Waals surface area (Å²) in [7, 11) is 0. The Balaban J connectivity index is 1.55. The van der Waals surface area contributed by atoms with E-state index in [1.807, 2.05) is 11.8 Å². The highest BCUT2D eigenvalue weighted by atomic mass is 32.2. The Morgan fingerprint density at radius 1 is 1.10 bits per heavy atom. The van der Waals surface area contributed by atoms with E-state index in [2.05, 4.69) is 66.8 Å². The molecule has 0 bridgehead atoms. The van der Waals surface area contributed by atoms with Gasteiger partial charge in [0.15, 0.2) is 0 Å². The fraction of sp³-hybridized carbons (Fsp3) is 0.368. The molecule has 0 aliphatic carbocycles. The zero-order chi connectivity index (χ0) is 14.5. The highest BCUT2D eigenvalue weighted by molar-refractivity contribution is 7.98. The molecule has 2 aromatic rings. The molecule has 2 unspecified atom stereocenters. The summed E-state index contributed by atoms with van der Waals surface area (Å²) in [6.07, 6.45) is 1.19. The molecule has 0 fully saturated rings. The van der Waals surface area contributed by atoms with E-state index >= 15 is 0 Å². The van der Waals surface area contributed by atoms with E-state index in [0.717, 1.165) is 12.3 Å². The average Bonchev–Trinajstić information content (AvgIpc) is 2.56. The largest absolute Gasteiger partial charge is 0.309 e. The van der Waals surface area contributed by atoms with Crippen molar-refractivity contribution in [1.29, 1.82) is 0 Å². The van der Waals surface area contributed by atoms with Crippen LogP contribution in [0, 0.1) is 0 Å². The Morgan fingerprint density at radius 3 is 2.71 bits per heavy atom. The Morgan fingerprint density at radius 2 is 1.86 bits per heavy atom. The van der Waals surface area contributed by atoms with Gasteiger partial charge in [-0.15, -0.1) is 0 Å². The van der Waals surface area contributed by atoms with E-state index in [9.17, 15) is 0 Å². The van der Waals surface area contributed by atoms with Gasteiger partial charge in [-0.2, -0.15) is 11.8 Å². The van der Waals surface area contributed by atoms with Crippen molar-refractivity contribution < 1.29 is 0 Å². The molecule has 1 aliphatic heterocycles. The number of nitrogens with one attached hydrogen (secondary N) is 1. The van der Waals surface area contributed by atoms with Crippen molar-refractivity contribution in [3.05, 3.63) is 71.3 Å². The average molecular weight is 297 g/mol. The minimum atomic E-state index is 0.517. The summed E-state index contributed by atoms with van der Waals surface area (Å²) < 4.78 is 0. The summed E-state index contributed by atoms with van der Waals surface area (Å²) in [5, 5.41) is 3.76. The number of hydrogen-bond donors (Lipinski definition) is 1. The van der Waals surface area contributed by atoms with E-state index in [0.29, 0.717) is 12.0 Å². The monoisotopic (exact) mass is 297 g/mol. The molecule has 0 saturated carbocycles. The fourth-order valence-corrected chi connectivity index (χ4v) is 4.11. The molecule has 1 N–H and O–H groups in total. The lowest BCUT2D eigenvalue weighted by atomic mass is 9.97. The van der Waals surface area contributed by atoms with Gasteiger partial charge >= 0.3 is 0 Å². The van der Waals surface area contributed by atoms with Gasteiger partial charge in [0.05, 0.1) is 0 Å². The van der Waals surface area contributed by atoms with Crippen LogP contribution in [0.1, 0.15) is 42.0 Å². The lowest BCUT2D eigenvalue weighted by Gasteiger charge is -2.26. The van der Waals surface area contributed by atoms with Gasteiger partial charge in [0.25, 0.3) is 0 Å². The van der Waals surface area contributed by atoms with Crippen LogP contribution in [0.15, 0.2) is 54.6 Å². The Kier molecular flexibility index (Phi) is 5.00. The van der Waals surface area contributed by atoms with Crippen LogP contribution < -0.4 is 5.32 Å². The van der Waals surface area contributed by atoms with E-state index in [1.165, 1.54) is 28.9 Å². The van der Waals surface area contributed by atoms with Crippen LogP contribution in [-0.2, 0) is 5.75 Å². The van der Waals surface area contributed by atoms with Gasteiger partial charge in [0, 0.05) is 17.5 Å². The first-order valence-electron chi connectivity index (χ1n) is 7.78. The van der Waals surface area contributed by atoms with Crippen LogP contribution in [0.4, 0.5) is 0 Å². The predicted molar refractivity (Wildman–Crippen MR) is 92.8 cm³/mol. The second kappa shape index (κ2) is 7.15. The van der Waals surface area contributed by atoms with Crippen molar-refractivity contribution >= 4 is 11.8 Å². The van der Waals surface area contributed by atoms with Crippen molar-refractivity contribution in [2.75, 3.05) is 12.3 Å². The normalized spacial score (nSPS) is 19.0. The highest BCUT2D eigenvalue weighted by Gasteiger charge is 2.19. The summed E-state index contributed by atoms with van der Waals surface area (Å²) in [6.45, 7) is 3.40. The number of rotatable bonds is 5. The van der Waals surface area contributed by atoms with Crippen molar-refractivity contribution in [1.82, 2.24) is 5.32 Å². The molecule has 21 heavy (non-hydrogen) atoms. The predicted octanol–water partition coefficient (Wildman–Crippen LogP) is 4.76. The van der Waals surface area contributed by atoms with Crippen molar-refractivity contribution in [2.45, 2.75) is 31.1 Å². The third-order valence-electron chi connectivity index (χ3n) is 4.31. The molecule has 0 saturated heterocycles. The van der Waals surface area contributed by atoms with Gasteiger partial charge in [-0.1, -0.05) is 61.5 Å². The van der Waals surface area contributed by atoms with Gasteiger partial charge < -0.3 is 5.32 Å². The maximum Gasteiger partial charge on any atom is 0.0415 e. The van der Waals surface area contributed by atoms with Gasteiger partial charge in [-0.25, -0.2) is 0 Å². The van der Waals surface area contributed by atoms with Crippen molar-refractivity contribution in [2.24, 2.45) is 0 Å². The molecule has 110 valence electrons. The van der Waals surface area contributed by atoms with Crippen molar-refractivity contribution in [3.63, 3.8) is 0 Å². The molecule has 1 heterocycles. The first-order chi connectivity index (χ1) is 10.3. The third-order valence-corrected chi connectivity index (χ3v) is 5.39. The van der Waals surface area contributed by atoms with E-state index in [-0.39, 0.29) is 0 Å². The summed E-state index contributed by atoms with van der Waals surface area (Å²) in [4.78, 5) is 0. The standard InChI is InChI=1S/C19H23NS/c1-15(16-7-3-2-4-8-16)11-12-20-19-14-21-13-17-9-5-6-10-18(17)19/h2-10,15,19-20H,11-14H2,1H3. The molecule has 0 radical (unpaired) electrons. The zero-order valence-corrected chi connectivity index (χ0v) is 13.4. The molecule has 2 heteroatoms. The minimum absolute atomic E-state index is 0.517. The van der Waals surface area contributed by atoms with E-state index in [1.54, 1.807) is 0 Å². The van der Waals surface area contributed by atoms with Crippen LogP contribution in [0.2, 0.25) is 0 Å². The van der Waals surface area contributed by atoms with Crippen LogP contribution in [0.3, 0.4) is 0 Å². The molecular weight excluding hydrogens is 274 g/mol. The smallest absolute Gasteiger partial charge is 0.0415 e. The number of benzene rings is 2. The van der Waals surface area contributed by atoms with Crippen LogP contribution in [0.25, 0.3) is 0 Å². The molecule has 0 amide bonds. The lowest BCUT2D eigenvalue weighted by Crippen LogP contribution is -2.28. The molecule has 3 rings (SSSR count). The molecule has 2 aromatic carbocycles. The maximum atomic E-state index is 3.76. The molecule has 2 atom stereocenters. The van der Waals surface area contributed by atoms with Crippen LogP contribution >= 0.6 is 11.8 Å². The minimum Gasteiger partial charge on any atom is -0.309 e. The van der Waals surface area contributed by atoms with Gasteiger partial charge in [0.1, 0.15) is 0 Å². The van der Waals surface area contributed by atoms with Crippen LogP contribution in [0.5, 0.6) is 0 Å². The molecular formula is C19H23NS. The van der Waals surface area contributed by atoms with E-state index < -0.39 is 0 Å². The summed E-state index contributed by atoms with van der Waals surface area (Å²) in [6, 6.07) is 20.2. The number of hydrogen-bond acceptors (Lipinski definition) is 2.